The molecule has 1 aromatic carbocycles. The van der Waals surface area contributed by atoms with Gasteiger partial charge in [-0.05, 0) is 30.2 Å². The molecule has 0 aliphatic carbocycles. The maximum Gasteiger partial charge on any atom is 0.344 e. The number of aromatic hydroxyl groups is 2. The van der Waals surface area contributed by atoms with Gasteiger partial charge in [0, 0.05) is 12.5 Å². The van der Waals surface area contributed by atoms with Crippen molar-refractivity contribution in [1.29, 1.82) is 0 Å². The lowest BCUT2D eigenvalue weighted by atomic mass is 10.2. The minimum atomic E-state index is -0.566. The standard InChI is InChI=1S/C17H20O4/c1-2-3-4-5-6-7-12-21-17(20)11-9-14-8-10-15(18)16(19)13-14/h8-11,13,18-19H,2-6H2,1H3. The van der Waals surface area contributed by atoms with Gasteiger partial charge in [0.15, 0.2) is 11.5 Å². The molecule has 0 saturated heterocycles. The highest BCUT2D eigenvalue weighted by atomic mass is 16.5. The van der Waals surface area contributed by atoms with Crippen LogP contribution in [-0.2, 0) is 9.53 Å². The van der Waals surface area contributed by atoms with Crippen molar-refractivity contribution in [3.8, 4) is 23.5 Å². The van der Waals surface area contributed by atoms with Crippen molar-refractivity contribution in [3.63, 3.8) is 0 Å². The Morgan fingerprint density at radius 3 is 2.76 bits per heavy atom. The number of phenolic OH excluding ortho intramolecular Hbond substituents is 2. The fraction of sp³-hybridized carbons (Fsp3) is 0.353. The molecule has 0 aliphatic heterocycles. The predicted octanol–water partition coefficient (Wildman–Crippen LogP) is 3.59. The maximum atomic E-state index is 11.4. The van der Waals surface area contributed by atoms with Crippen LogP contribution in [-0.4, -0.2) is 16.2 Å². The second-order valence-electron chi connectivity index (χ2n) is 4.59. The number of carbonyl (C=O) groups is 1. The third-order valence-electron chi connectivity index (χ3n) is 2.79. The summed E-state index contributed by atoms with van der Waals surface area (Å²) < 4.78 is 4.73. The monoisotopic (exact) mass is 288 g/mol. The molecule has 4 nitrogen and oxygen atoms in total. The number of unbranched alkanes of at least 4 members (excludes halogenated alkanes) is 4. The summed E-state index contributed by atoms with van der Waals surface area (Å²) in [7, 11) is 0. The van der Waals surface area contributed by atoms with Crippen LogP contribution in [0.15, 0.2) is 24.3 Å². The van der Waals surface area contributed by atoms with E-state index in [0.717, 1.165) is 19.3 Å². The minimum absolute atomic E-state index is 0.205. The molecular formula is C17H20O4. The van der Waals surface area contributed by atoms with E-state index in [0.29, 0.717) is 5.56 Å². The number of hydrogen-bond acceptors (Lipinski definition) is 4. The van der Waals surface area contributed by atoms with Crippen molar-refractivity contribution in [2.75, 3.05) is 0 Å². The van der Waals surface area contributed by atoms with E-state index >= 15 is 0 Å². The third kappa shape index (κ3) is 7.07. The van der Waals surface area contributed by atoms with Crippen molar-refractivity contribution in [1.82, 2.24) is 0 Å². The average Bonchev–Trinajstić information content (AvgIpc) is 2.47. The smallest absolute Gasteiger partial charge is 0.344 e. The highest BCUT2D eigenvalue weighted by Gasteiger charge is 1.99. The number of esters is 1. The highest BCUT2D eigenvalue weighted by Crippen LogP contribution is 2.25. The SMILES string of the molecule is CCCCCCC#COC(=O)C=Cc1ccc(O)c(O)c1. The molecule has 0 atom stereocenters. The first-order chi connectivity index (χ1) is 10.1. The normalized spacial score (nSPS) is 10.1. The maximum absolute atomic E-state index is 11.4. The molecule has 0 spiro atoms. The van der Waals surface area contributed by atoms with E-state index in [1.807, 2.05) is 0 Å². The molecule has 0 unspecified atom stereocenters. The molecule has 4 heteroatoms. The zero-order valence-electron chi connectivity index (χ0n) is 12.1. The van der Waals surface area contributed by atoms with E-state index in [1.165, 1.54) is 37.1 Å². The van der Waals surface area contributed by atoms with Crippen molar-refractivity contribution in [2.45, 2.75) is 39.0 Å². The Balaban J connectivity index is 2.34. The lowest BCUT2D eigenvalue weighted by molar-refractivity contribution is -0.131. The number of ether oxygens (including phenoxy) is 1. The molecular weight excluding hydrogens is 268 g/mol. The Hall–Kier alpha value is -2.41. The van der Waals surface area contributed by atoms with Crippen LogP contribution in [0.4, 0.5) is 0 Å². The average molecular weight is 288 g/mol. The molecule has 0 amide bonds. The zero-order chi connectivity index (χ0) is 15.5. The molecule has 0 aromatic heterocycles. The second kappa shape index (κ2) is 9.49. The van der Waals surface area contributed by atoms with Gasteiger partial charge in [-0.25, -0.2) is 4.79 Å². The van der Waals surface area contributed by atoms with Crippen molar-refractivity contribution in [3.05, 3.63) is 29.8 Å². The van der Waals surface area contributed by atoms with Crippen LogP contribution in [0.3, 0.4) is 0 Å². The van der Waals surface area contributed by atoms with E-state index in [1.54, 1.807) is 6.07 Å². The number of carbonyl (C=O) groups excluding carboxylic acids is 1. The molecule has 0 radical (unpaired) electrons. The molecule has 0 fully saturated rings. The van der Waals surface area contributed by atoms with Crippen LogP contribution >= 0.6 is 0 Å². The minimum Gasteiger partial charge on any atom is -0.504 e. The van der Waals surface area contributed by atoms with Gasteiger partial charge in [0.1, 0.15) is 6.11 Å². The quantitative estimate of drug-likeness (QED) is 0.276. The molecule has 0 bridgehead atoms. The molecule has 2 N–H and O–H groups in total. The fourth-order valence-electron chi connectivity index (χ4n) is 1.62. The summed E-state index contributed by atoms with van der Waals surface area (Å²) in [4.78, 5) is 11.4. The number of hydrogen-bond donors (Lipinski definition) is 2. The van der Waals surface area contributed by atoms with Crippen LogP contribution in [0.1, 0.15) is 44.6 Å². The number of benzene rings is 1. The van der Waals surface area contributed by atoms with Gasteiger partial charge in [-0.2, -0.15) is 0 Å². The van der Waals surface area contributed by atoms with Gasteiger partial charge in [0.2, 0.25) is 0 Å². The van der Waals surface area contributed by atoms with Gasteiger partial charge in [-0.1, -0.05) is 38.2 Å². The van der Waals surface area contributed by atoms with Crippen molar-refractivity contribution < 1.29 is 19.7 Å². The second-order valence-corrected chi connectivity index (χ2v) is 4.59. The van der Waals surface area contributed by atoms with E-state index in [4.69, 9.17) is 9.84 Å². The molecule has 1 rings (SSSR count). The summed E-state index contributed by atoms with van der Waals surface area (Å²) >= 11 is 0. The van der Waals surface area contributed by atoms with Crippen molar-refractivity contribution in [2.24, 2.45) is 0 Å². The van der Waals surface area contributed by atoms with E-state index in [-0.39, 0.29) is 11.5 Å². The summed E-state index contributed by atoms with van der Waals surface area (Å²) in [5.74, 6) is 1.78. The molecule has 21 heavy (non-hydrogen) atoms. The summed E-state index contributed by atoms with van der Waals surface area (Å²) in [6.07, 6.45) is 10.3. The van der Waals surface area contributed by atoms with Crippen molar-refractivity contribution >= 4 is 12.0 Å². The Labute approximate surface area is 125 Å². The van der Waals surface area contributed by atoms with Crippen LogP contribution in [0.5, 0.6) is 11.5 Å². The van der Waals surface area contributed by atoms with Crippen LogP contribution in [0.25, 0.3) is 6.08 Å². The lowest BCUT2D eigenvalue weighted by Gasteiger charge is -1.97. The van der Waals surface area contributed by atoms with Gasteiger partial charge in [-0.3, -0.25) is 0 Å². The van der Waals surface area contributed by atoms with Gasteiger partial charge < -0.3 is 14.9 Å². The third-order valence-corrected chi connectivity index (χ3v) is 2.79. The molecule has 0 saturated carbocycles. The lowest BCUT2D eigenvalue weighted by Crippen LogP contribution is -1.93. The topological polar surface area (TPSA) is 66.8 Å². The highest BCUT2D eigenvalue weighted by molar-refractivity contribution is 5.87. The van der Waals surface area contributed by atoms with Gasteiger partial charge >= 0.3 is 5.97 Å². The predicted molar refractivity (Wildman–Crippen MR) is 81.4 cm³/mol. The summed E-state index contributed by atoms with van der Waals surface area (Å²) in [6.45, 7) is 2.15. The van der Waals surface area contributed by atoms with Crippen LogP contribution in [0.2, 0.25) is 0 Å². The summed E-state index contributed by atoms with van der Waals surface area (Å²) in [5.41, 5.74) is 0.578. The first-order valence-electron chi connectivity index (χ1n) is 7.02. The molecule has 0 aliphatic rings. The Morgan fingerprint density at radius 2 is 2.05 bits per heavy atom. The summed E-state index contributed by atoms with van der Waals surface area (Å²) in [6, 6.07) is 4.26. The first kappa shape index (κ1) is 16.6. The Bertz CT molecular complexity index is 550. The first-order valence-corrected chi connectivity index (χ1v) is 7.02. The molecule has 112 valence electrons. The largest absolute Gasteiger partial charge is 0.504 e. The van der Waals surface area contributed by atoms with Gasteiger partial charge in [0.25, 0.3) is 0 Å². The van der Waals surface area contributed by atoms with Crippen LogP contribution in [0, 0.1) is 12.0 Å². The number of rotatable bonds is 6. The Kier molecular flexibility index (Phi) is 7.52. The van der Waals surface area contributed by atoms with E-state index in [2.05, 4.69) is 19.0 Å². The summed E-state index contributed by atoms with van der Waals surface area (Å²) in [5, 5.41) is 18.5. The van der Waals surface area contributed by atoms with Crippen LogP contribution < -0.4 is 0 Å². The molecule has 1 aromatic rings. The number of phenols is 2. The van der Waals surface area contributed by atoms with E-state index < -0.39 is 5.97 Å². The van der Waals surface area contributed by atoms with Gasteiger partial charge in [-0.15, -0.1) is 0 Å². The van der Waals surface area contributed by atoms with Gasteiger partial charge in [0.05, 0.1) is 0 Å². The fourth-order valence-corrected chi connectivity index (χ4v) is 1.62. The van der Waals surface area contributed by atoms with E-state index in [9.17, 15) is 9.90 Å². The molecule has 0 heterocycles. The zero-order valence-corrected chi connectivity index (χ0v) is 12.1. The Morgan fingerprint density at radius 1 is 1.24 bits per heavy atom.